The Kier molecular flexibility index (Phi) is 7.48. The normalized spacial score (nSPS) is 22.5. The zero-order valence-electron chi connectivity index (χ0n) is 24.5. The van der Waals surface area contributed by atoms with E-state index in [1.807, 2.05) is 32.0 Å². The molecule has 0 spiro atoms. The summed E-state index contributed by atoms with van der Waals surface area (Å²) in [7, 11) is 0. The number of carbonyl (C=O) groups excluding carboxylic acids is 3. The molecule has 226 valence electrons. The van der Waals surface area contributed by atoms with Crippen LogP contribution in [0.4, 0.5) is 5.69 Å². The smallest absolute Gasteiger partial charge is 0.262 e. The number of ketones is 1. The van der Waals surface area contributed by atoms with Crippen LogP contribution in [-0.4, -0.2) is 34.7 Å². The van der Waals surface area contributed by atoms with Crippen molar-refractivity contribution in [1.82, 2.24) is 15.6 Å². The molecule has 4 aromatic rings. The first kappa shape index (κ1) is 29.5. The zero-order chi connectivity index (χ0) is 31.3. The van der Waals surface area contributed by atoms with E-state index in [0.29, 0.717) is 55.3 Å². The van der Waals surface area contributed by atoms with Gasteiger partial charge in [0.25, 0.3) is 5.91 Å². The SMILES string of the molecule is C=CC(=O)N[C@H]1CCC[C@H]1NC(=O)c1sc2c(N)ccc3c2c1C(N)C(=O)C3(N)c1ccc(Oc2ccc(C)nc2)cc1C. The van der Waals surface area contributed by atoms with E-state index >= 15 is 0 Å². The van der Waals surface area contributed by atoms with Gasteiger partial charge in [-0.3, -0.25) is 19.4 Å². The molecule has 6 rings (SSSR count). The highest BCUT2D eigenvalue weighted by Gasteiger charge is 2.49. The zero-order valence-corrected chi connectivity index (χ0v) is 25.3. The average Bonchev–Trinajstić information content (AvgIpc) is 3.62. The number of amides is 2. The quantitative estimate of drug-likeness (QED) is 0.154. The van der Waals surface area contributed by atoms with Crippen molar-refractivity contribution in [3.63, 3.8) is 0 Å². The summed E-state index contributed by atoms with van der Waals surface area (Å²) < 4.78 is 6.63. The molecule has 8 N–H and O–H groups in total. The number of ether oxygens (including phenoxy) is 1. The summed E-state index contributed by atoms with van der Waals surface area (Å²) in [6, 6.07) is 10.8. The lowest BCUT2D eigenvalue weighted by molar-refractivity contribution is -0.124. The van der Waals surface area contributed by atoms with E-state index in [9.17, 15) is 14.4 Å². The number of nitrogen functional groups attached to an aromatic ring is 1. The Morgan fingerprint density at radius 3 is 2.45 bits per heavy atom. The largest absolute Gasteiger partial charge is 0.456 e. The second-order valence-electron chi connectivity index (χ2n) is 11.4. The number of nitrogens with one attached hydrogen (secondary N) is 2. The van der Waals surface area contributed by atoms with Crippen LogP contribution in [0.2, 0.25) is 0 Å². The van der Waals surface area contributed by atoms with Crippen molar-refractivity contribution in [3.05, 3.63) is 94.1 Å². The number of nitrogens with zero attached hydrogens (tertiary/aromatic N) is 1. The number of carbonyl (C=O) groups is 3. The Bertz CT molecular complexity index is 1830. The number of Topliss-reactive ketones (excluding diaryl/α,β-unsaturated/α-hetero) is 1. The van der Waals surface area contributed by atoms with Crippen molar-refractivity contribution in [2.24, 2.45) is 11.5 Å². The van der Waals surface area contributed by atoms with Gasteiger partial charge in [-0.25, -0.2) is 0 Å². The maximum absolute atomic E-state index is 14.2. The van der Waals surface area contributed by atoms with E-state index in [2.05, 4.69) is 22.2 Å². The lowest BCUT2D eigenvalue weighted by atomic mass is 9.69. The van der Waals surface area contributed by atoms with Gasteiger partial charge in [0.15, 0.2) is 5.78 Å². The summed E-state index contributed by atoms with van der Waals surface area (Å²) in [5.41, 5.74) is 22.2. The van der Waals surface area contributed by atoms with Gasteiger partial charge in [-0.15, -0.1) is 11.3 Å². The number of hydrogen-bond acceptors (Lipinski definition) is 9. The van der Waals surface area contributed by atoms with E-state index in [4.69, 9.17) is 21.9 Å². The summed E-state index contributed by atoms with van der Waals surface area (Å²) in [5.74, 6) is 0.0639. The topological polar surface area (TPSA) is 175 Å². The first-order valence-electron chi connectivity index (χ1n) is 14.4. The highest BCUT2D eigenvalue weighted by molar-refractivity contribution is 7.21. The molecule has 2 aliphatic carbocycles. The average molecular weight is 611 g/mol. The fraction of sp³-hybridized carbons (Fsp3) is 0.273. The molecule has 10 nitrogen and oxygen atoms in total. The molecule has 2 aromatic heterocycles. The van der Waals surface area contributed by atoms with E-state index in [1.54, 1.807) is 30.5 Å². The van der Waals surface area contributed by atoms with Crippen LogP contribution < -0.4 is 32.6 Å². The minimum atomic E-state index is -1.59. The van der Waals surface area contributed by atoms with Crippen molar-refractivity contribution in [2.45, 2.75) is 56.8 Å². The Morgan fingerprint density at radius 2 is 1.77 bits per heavy atom. The molecular formula is C33H34N6O4S. The highest BCUT2D eigenvalue weighted by atomic mass is 32.1. The first-order valence-corrected chi connectivity index (χ1v) is 15.2. The van der Waals surface area contributed by atoms with Gasteiger partial charge >= 0.3 is 0 Å². The highest BCUT2D eigenvalue weighted by Crippen LogP contribution is 2.50. The van der Waals surface area contributed by atoms with E-state index in [1.165, 1.54) is 17.4 Å². The molecule has 0 radical (unpaired) electrons. The minimum Gasteiger partial charge on any atom is -0.456 e. The van der Waals surface area contributed by atoms with Crippen molar-refractivity contribution in [1.29, 1.82) is 0 Å². The predicted octanol–water partition coefficient (Wildman–Crippen LogP) is 4.03. The van der Waals surface area contributed by atoms with Crippen LogP contribution >= 0.6 is 11.3 Å². The van der Waals surface area contributed by atoms with E-state index < -0.39 is 17.4 Å². The fourth-order valence-electron chi connectivity index (χ4n) is 6.40. The van der Waals surface area contributed by atoms with Crippen LogP contribution in [0, 0.1) is 13.8 Å². The molecule has 0 bridgehead atoms. The van der Waals surface area contributed by atoms with Gasteiger partial charge in [-0.05, 0) is 86.2 Å². The molecule has 2 amide bonds. The van der Waals surface area contributed by atoms with Crippen LogP contribution in [0.3, 0.4) is 0 Å². The molecule has 4 atom stereocenters. The number of rotatable bonds is 7. The van der Waals surface area contributed by atoms with E-state index in [-0.39, 0.29) is 23.9 Å². The summed E-state index contributed by atoms with van der Waals surface area (Å²) in [4.78, 5) is 44.5. The number of pyridine rings is 1. The van der Waals surface area contributed by atoms with Gasteiger partial charge in [0.1, 0.15) is 17.0 Å². The lowest BCUT2D eigenvalue weighted by Crippen LogP contribution is -2.53. The van der Waals surface area contributed by atoms with Gasteiger partial charge in [-0.1, -0.05) is 18.7 Å². The fourth-order valence-corrected chi connectivity index (χ4v) is 7.60. The van der Waals surface area contributed by atoms with Gasteiger partial charge in [-0.2, -0.15) is 0 Å². The summed E-state index contributed by atoms with van der Waals surface area (Å²) in [6.45, 7) is 7.27. The lowest BCUT2D eigenvalue weighted by Gasteiger charge is -2.37. The van der Waals surface area contributed by atoms with Crippen molar-refractivity contribution >= 4 is 44.7 Å². The molecular weight excluding hydrogens is 576 g/mol. The number of hydrogen-bond donors (Lipinski definition) is 5. The molecule has 2 heterocycles. The number of aryl methyl sites for hydroxylation is 2. The number of anilines is 1. The van der Waals surface area contributed by atoms with Crippen LogP contribution in [0.25, 0.3) is 10.1 Å². The van der Waals surface area contributed by atoms with Crippen LogP contribution in [0.5, 0.6) is 11.5 Å². The molecule has 2 aromatic carbocycles. The second kappa shape index (κ2) is 11.2. The Hall–Kier alpha value is -4.58. The predicted molar refractivity (Wildman–Crippen MR) is 171 cm³/mol. The third-order valence-electron chi connectivity index (χ3n) is 8.61. The maximum atomic E-state index is 14.2. The van der Waals surface area contributed by atoms with Crippen LogP contribution in [-0.2, 0) is 15.1 Å². The number of benzene rings is 2. The molecule has 2 unspecified atom stereocenters. The molecule has 11 heteroatoms. The van der Waals surface area contributed by atoms with Gasteiger partial charge in [0, 0.05) is 34.4 Å². The van der Waals surface area contributed by atoms with Gasteiger partial charge in [0.2, 0.25) is 5.91 Å². The molecule has 0 saturated heterocycles. The molecule has 1 saturated carbocycles. The van der Waals surface area contributed by atoms with Gasteiger partial charge < -0.3 is 32.6 Å². The van der Waals surface area contributed by atoms with Crippen molar-refractivity contribution in [2.75, 3.05) is 5.73 Å². The Labute approximate surface area is 258 Å². The number of thiophene rings is 1. The third-order valence-corrected chi connectivity index (χ3v) is 9.86. The van der Waals surface area contributed by atoms with Crippen LogP contribution in [0.15, 0.2) is 61.3 Å². The van der Waals surface area contributed by atoms with Crippen molar-refractivity contribution < 1.29 is 19.1 Å². The van der Waals surface area contributed by atoms with Gasteiger partial charge in [0.05, 0.1) is 21.8 Å². The van der Waals surface area contributed by atoms with Crippen LogP contribution in [0.1, 0.15) is 62.9 Å². The first-order chi connectivity index (χ1) is 21.0. The summed E-state index contributed by atoms with van der Waals surface area (Å²) in [5, 5.41) is 6.59. The summed E-state index contributed by atoms with van der Waals surface area (Å²) >= 11 is 1.20. The molecule has 1 fully saturated rings. The molecule has 0 aliphatic heterocycles. The van der Waals surface area contributed by atoms with Crippen molar-refractivity contribution in [3.8, 4) is 11.5 Å². The Morgan fingerprint density at radius 1 is 1.07 bits per heavy atom. The molecule has 44 heavy (non-hydrogen) atoms. The molecule has 2 aliphatic rings. The number of nitrogens with two attached hydrogens (primary N) is 3. The summed E-state index contributed by atoms with van der Waals surface area (Å²) in [6.07, 6.45) is 5.15. The second-order valence-corrected chi connectivity index (χ2v) is 12.5. The Balaban J connectivity index is 1.39. The standard InChI is InChI=1S/C33H34N6O4S/c1-4-25(40)38-23-6-5-7-24(23)39-32(42)30-27-26-21(12-13-22(34)29(26)44-30)33(36,31(41)28(27)35)20-11-10-18(14-16(20)2)43-19-9-8-17(3)37-15-19/h4,8-15,23-24,28H,1,5-7,34-36H2,2-3H3,(H,38,40)(H,39,42)/t23-,24+,28?,33?/m0/s1. The number of aromatic nitrogens is 1. The maximum Gasteiger partial charge on any atom is 0.262 e. The monoisotopic (exact) mass is 610 g/mol. The third kappa shape index (κ3) is 4.83. The van der Waals surface area contributed by atoms with E-state index in [0.717, 1.165) is 24.1 Å². The minimum absolute atomic E-state index is 0.222.